The lowest BCUT2D eigenvalue weighted by molar-refractivity contribution is -0.105. The van der Waals surface area contributed by atoms with E-state index in [0.717, 1.165) is 36.5 Å². The van der Waals surface area contributed by atoms with Gasteiger partial charge in [-0.1, -0.05) is 26.3 Å². The van der Waals surface area contributed by atoms with Gasteiger partial charge >= 0.3 is 0 Å². The minimum Gasteiger partial charge on any atom is -0.465 e. The molecule has 0 bridgehead atoms. The highest BCUT2D eigenvalue weighted by Gasteiger charge is 2.51. The van der Waals surface area contributed by atoms with Gasteiger partial charge in [-0.25, -0.2) is 0 Å². The molecule has 1 heterocycles. The Labute approximate surface area is 158 Å². The molecule has 2 heteroatoms. The summed E-state index contributed by atoms with van der Waals surface area (Å²) in [6.07, 6.45) is 12.0. The summed E-state index contributed by atoms with van der Waals surface area (Å²) in [6.45, 7) is 5.87. The summed E-state index contributed by atoms with van der Waals surface area (Å²) in [5, 5.41) is 0. The second-order valence-electron chi connectivity index (χ2n) is 9.80. The van der Waals surface area contributed by atoms with E-state index >= 15 is 0 Å². The summed E-state index contributed by atoms with van der Waals surface area (Å²) in [5.41, 5.74) is 3.83. The van der Waals surface area contributed by atoms with Crippen LogP contribution in [0.3, 0.4) is 0 Å². The maximum Gasteiger partial charge on any atom is 0.199 e. The second-order valence-corrected chi connectivity index (χ2v) is 9.80. The molecular weight excluding hydrogens is 320 g/mol. The summed E-state index contributed by atoms with van der Waals surface area (Å²) in [7, 11) is 0. The van der Waals surface area contributed by atoms with E-state index in [9.17, 15) is 0 Å². The van der Waals surface area contributed by atoms with E-state index in [2.05, 4.69) is 32.0 Å². The lowest BCUT2D eigenvalue weighted by Gasteiger charge is -2.50. The summed E-state index contributed by atoms with van der Waals surface area (Å²) in [6, 6.07) is 6.96. The van der Waals surface area contributed by atoms with Crippen LogP contribution in [0.25, 0.3) is 0 Å². The van der Waals surface area contributed by atoms with Gasteiger partial charge in [0, 0.05) is 6.42 Å². The minimum atomic E-state index is -0.0395. The van der Waals surface area contributed by atoms with Gasteiger partial charge < -0.3 is 9.47 Å². The molecule has 26 heavy (non-hydrogen) atoms. The Kier molecular flexibility index (Phi) is 4.31. The maximum atomic E-state index is 6.17. The van der Waals surface area contributed by atoms with Crippen molar-refractivity contribution in [3.63, 3.8) is 0 Å². The van der Waals surface area contributed by atoms with Crippen molar-refractivity contribution in [3.05, 3.63) is 29.3 Å². The van der Waals surface area contributed by atoms with Crippen LogP contribution < -0.4 is 4.74 Å². The highest BCUT2D eigenvalue weighted by atomic mass is 16.7. The lowest BCUT2D eigenvalue weighted by atomic mass is 9.54. The first-order valence-corrected chi connectivity index (χ1v) is 11.1. The standard InChI is InChI=1S/C24H34O2/c1-16-14-21-19(10-12-24(2)11-5-6-22(21)24)18-9-8-17(15-20(16)18)26-23-7-3-4-13-25-23/h8-9,15-16,19,21-23H,3-7,10-14H2,1-2H3/t16?,19?,21?,22?,23?,24-/m0/s1. The third-order valence-electron chi connectivity index (χ3n) is 8.24. The van der Waals surface area contributed by atoms with E-state index in [-0.39, 0.29) is 6.29 Å². The smallest absolute Gasteiger partial charge is 0.199 e. The molecule has 2 nitrogen and oxygen atoms in total. The van der Waals surface area contributed by atoms with Gasteiger partial charge in [-0.2, -0.15) is 0 Å². The number of rotatable bonds is 2. The fourth-order valence-electron chi connectivity index (χ4n) is 6.88. The monoisotopic (exact) mass is 354 g/mol. The number of ether oxygens (including phenoxy) is 2. The Morgan fingerprint density at radius 3 is 2.81 bits per heavy atom. The van der Waals surface area contributed by atoms with E-state index < -0.39 is 0 Å². The van der Waals surface area contributed by atoms with E-state index in [1.165, 1.54) is 51.4 Å². The van der Waals surface area contributed by atoms with Crippen LogP contribution >= 0.6 is 0 Å². The number of hydrogen-bond donors (Lipinski definition) is 0. The molecule has 0 N–H and O–H groups in total. The molecular formula is C24H34O2. The van der Waals surface area contributed by atoms with Crippen molar-refractivity contribution in [2.75, 3.05) is 6.61 Å². The van der Waals surface area contributed by atoms with Crippen LogP contribution in [-0.2, 0) is 4.74 Å². The van der Waals surface area contributed by atoms with Crippen molar-refractivity contribution < 1.29 is 9.47 Å². The molecule has 3 aliphatic carbocycles. The Morgan fingerprint density at radius 1 is 1.04 bits per heavy atom. The van der Waals surface area contributed by atoms with Crippen molar-refractivity contribution >= 4 is 0 Å². The first-order valence-electron chi connectivity index (χ1n) is 11.1. The fourth-order valence-corrected chi connectivity index (χ4v) is 6.88. The zero-order valence-corrected chi connectivity index (χ0v) is 16.5. The second kappa shape index (κ2) is 6.55. The van der Waals surface area contributed by atoms with Crippen LogP contribution in [0.2, 0.25) is 0 Å². The van der Waals surface area contributed by atoms with Crippen LogP contribution in [0, 0.1) is 17.3 Å². The van der Waals surface area contributed by atoms with Crippen molar-refractivity contribution in [2.24, 2.45) is 17.3 Å². The molecule has 0 spiro atoms. The van der Waals surface area contributed by atoms with Crippen LogP contribution in [0.1, 0.15) is 94.6 Å². The van der Waals surface area contributed by atoms with Crippen LogP contribution in [-0.4, -0.2) is 12.9 Å². The predicted molar refractivity (Wildman–Crippen MR) is 105 cm³/mol. The molecule has 4 aliphatic rings. The molecule has 1 aromatic rings. The topological polar surface area (TPSA) is 18.5 Å². The lowest BCUT2D eigenvalue weighted by Crippen LogP contribution is -2.40. The maximum absolute atomic E-state index is 6.17. The molecule has 1 aromatic carbocycles. The molecule has 0 aromatic heterocycles. The van der Waals surface area contributed by atoms with Crippen molar-refractivity contribution in [3.8, 4) is 5.75 Å². The molecule has 0 radical (unpaired) electrons. The number of benzene rings is 1. The Hall–Kier alpha value is -1.02. The highest BCUT2D eigenvalue weighted by molar-refractivity contribution is 5.42. The summed E-state index contributed by atoms with van der Waals surface area (Å²) in [4.78, 5) is 0. The molecule has 2 saturated carbocycles. The van der Waals surface area contributed by atoms with Gasteiger partial charge in [0.05, 0.1) is 6.61 Å². The minimum absolute atomic E-state index is 0.0395. The van der Waals surface area contributed by atoms with Crippen LogP contribution in [0.15, 0.2) is 18.2 Å². The quantitative estimate of drug-likeness (QED) is 0.612. The van der Waals surface area contributed by atoms with E-state index in [0.29, 0.717) is 11.3 Å². The first kappa shape index (κ1) is 17.1. The predicted octanol–water partition coefficient (Wildman–Crippen LogP) is 6.40. The third kappa shape index (κ3) is 2.80. The third-order valence-corrected chi connectivity index (χ3v) is 8.24. The van der Waals surface area contributed by atoms with Gasteiger partial charge in [0.2, 0.25) is 0 Å². The molecule has 1 saturated heterocycles. The Morgan fingerprint density at radius 2 is 1.96 bits per heavy atom. The molecule has 3 fully saturated rings. The highest BCUT2D eigenvalue weighted by Crippen LogP contribution is 2.62. The first-order chi connectivity index (χ1) is 12.6. The molecule has 0 amide bonds. The molecule has 6 atom stereocenters. The summed E-state index contributed by atoms with van der Waals surface area (Å²) >= 11 is 0. The van der Waals surface area contributed by atoms with E-state index in [1.54, 1.807) is 11.1 Å². The van der Waals surface area contributed by atoms with Gasteiger partial charge in [0.1, 0.15) is 5.75 Å². The Balaban J connectivity index is 1.40. The molecule has 1 aliphatic heterocycles. The van der Waals surface area contributed by atoms with E-state index in [1.807, 2.05) is 0 Å². The molecule has 5 unspecified atom stereocenters. The SMILES string of the molecule is CC1CC2C(CC[C@]3(C)CCCC23)c2ccc(OC3CCCCO3)cc21. The van der Waals surface area contributed by atoms with Crippen molar-refractivity contribution in [1.82, 2.24) is 0 Å². The van der Waals surface area contributed by atoms with Crippen molar-refractivity contribution in [2.45, 2.75) is 89.8 Å². The van der Waals surface area contributed by atoms with E-state index in [4.69, 9.17) is 9.47 Å². The van der Waals surface area contributed by atoms with Gasteiger partial charge in [-0.05, 0) is 97.3 Å². The van der Waals surface area contributed by atoms with Crippen LogP contribution in [0.4, 0.5) is 0 Å². The fraction of sp³-hybridized carbons (Fsp3) is 0.750. The average Bonchev–Trinajstić information content (AvgIpc) is 3.05. The largest absolute Gasteiger partial charge is 0.465 e. The van der Waals surface area contributed by atoms with Gasteiger partial charge in [0.25, 0.3) is 0 Å². The zero-order valence-electron chi connectivity index (χ0n) is 16.5. The normalized spacial score (nSPS) is 41.8. The number of hydrogen-bond acceptors (Lipinski definition) is 2. The molecule has 142 valence electrons. The Bertz CT molecular complexity index is 662. The van der Waals surface area contributed by atoms with Crippen molar-refractivity contribution in [1.29, 1.82) is 0 Å². The van der Waals surface area contributed by atoms with Gasteiger partial charge in [-0.15, -0.1) is 0 Å². The zero-order chi connectivity index (χ0) is 17.7. The van der Waals surface area contributed by atoms with Gasteiger partial charge in [-0.3, -0.25) is 0 Å². The average molecular weight is 355 g/mol. The van der Waals surface area contributed by atoms with Crippen LogP contribution in [0.5, 0.6) is 5.75 Å². The summed E-state index contributed by atoms with van der Waals surface area (Å²) in [5.74, 6) is 4.33. The van der Waals surface area contributed by atoms with Gasteiger partial charge in [0.15, 0.2) is 6.29 Å². The number of fused-ring (bicyclic) bond motifs is 5. The summed E-state index contributed by atoms with van der Waals surface area (Å²) < 4.78 is 11.9. The molecule has 5 rings (SSSR count).